The number of pyridine rings is 1. The molecule has 4 N–H and O–H groups in total. The van der Waals surface area contributed by atoms with Gasteiger partial charge in [0.2, 0.25) is 0 Å². The molecule has 1 saturated carbocycles. The molecule has 1 atom stereocenters. The zero-order chi connectivity index (χ0) is 19.2. The minimum atomic E-state index is -3.30. The van der Waals surface area contributed by atoms with Crippen LogP contribution in [0.1, 0.15) is 46.7 Å². The molecule has 1 fully saturated rings. The van der Waals surface area contributed by atoms with Gasteiger partial charge in [-0.25, -0.2) is 8.42 Å². The molecule has 1 aromatic heterocycles. The zero-order valence-corrected chi connectivity index (χ0v) is 15.5. The predicted molar refractivity (Wildman–Crippen MR) is 103 cm³/mol. The SMILES string of the molecule is NCc1c(C(=O)N[C@@H]2C=CS(=O)(=O)C2)c(=O)[nH]c2cc(C3CCC3)ccc12. The number of aromatic nitrogens is 1. The molecule has 0 bridgehead atoms. The number of sulfone groups is 1. The lowest BCUT2D eigenvalue weighted by Crippen LogP contribution is -2.39. The minimum Gasteiger partial charge on any atom is -0.345 e. The van der Waals surface area contributed by atoms with Gasteiger partial charge in [0.1, 0.15) is 5.56 Å². The molecule has 2 aromatic rings. The van der Waals surface area contributed by atoms with Gasteiger partial charge < -0.3 is 16.0 Å². The average molecular weight is 387 g/mol. The summed E-state index contributed by atoms with van der Waals surface area (Å²) in [5, 5.41) is 4.41. The van der Waals surface area contributed by atoms with Gasteiger partial charge in [-0.1, -0.05) is 18.6 Å². The lowest BCUT2D eigenvalue weighted by atomic mass is 9.79. The van der Waals surface area contributed by atoms with Crippen molar-refractivity contribution in [3.8, 4) is 0 Å². The van der Waals surface area contributed by atoms with Crippen molar-refractivity contribution in [3.63, 3.8) is 0 Å². The molecule has 2 aliphatic rings. The molecule has 7 nitrogen and oxygen atoms in total. The van der Waals surface area contributed by atoms with Gasteiger partial charge in [-0.2, -0.15) is 0 Å². The van der Waals surface area contributed by atoms with E-state index in [0.717, 1.165) is 23.6 Å². The quantitative estimate of drug-likeness (QED) is 0.730. The molecule has 0 spiro atoms. The van der Waals surface area contributed by atoms with E-state index in [2.05, 4.69) is 10.3 Å². The molecule has 1 aromatic carbocycles. The van der Waals surface area contributed by atoms with Crippen LogP contribution >= 0.6 is 0 Å². The van der Waals surface area contributed by atoms with E-state index in [-0.39, 0.29) is 17.9 Å². The summed E-state index contributed by atoms with van der Waals surface area (Å²) in [5.74, 6) is -0.292. The fourth-order valence-corrected chi connectivity index (χ4v) is 4.97. The highest BCUT2D eigenvalue weighted by molar-refractivity contribution is 7.94. The van der Waals surface area contributed by atoms with Gasteiger partial charge in [-0.3, -0.25) is 9.59 Å². The molecule has 1 aliphatic carbocycles. The second kappa shape index (κ2) is 6.61. The predicted octanol–water partition coefficient (Wildman–Crippen LogP) is 1.29. The number of rotatable bonds is 4. The summed E-state index contributed by atoms with van der Waals surface area (Å²) in [5.41, 5.74) is 7.62. The Kier molecular flexibility index (Phi) is 4.39. The van der Waals surface area contributed by atoms with Gasteiger partial charge in [0.05, 0.1) is 11.8 Å². The van der Waals surface area contributed by atoms with Gasteiger partial charge in [-0.05, 0) is 42.0 Å². The summed E-state index contributed by atoms with van der Waals surface area (Å²) < 4.78 is 23.0. The van der Waals surface area contributed by atoms with Crippen LogP contribution in [0.4, 0.5) is 0 Å². The van der Waals surface area contributed by atoms with E-state index in [1.807, 2.05) is 18.2 Å². The van der Waals surface area contributed by atoms with Crippen LogP contribution in [0.2, 0.25) is 0 Å². The molecule has 2 heterocycles. The molecule has 8 heteroatoms. The second-order valence-electron chi connectivity index (χ2n) is 7.18. The lowest BCUT2D eigenvalue weighted by Gasteiger charge is -2.26. The maximum Gasteiger partial charge on any atom is 0.261 e. The highest BCUT2D eigenvalue weighted by atomic mass is 32.2. The van der Waals surface area contributed by atoms with Gasteiger partial charge in [-0.15, -0.1) is 0 Å². The van der Waals surface area contributed by atoms with Crippen LogP contribution in [0.3, 0.4) is 0 Å². The summed E-state index contributed by atoms with van der Waals surface area (Å²) in [6.07, 6.45) is 4.93. The van der Waals surface area contributed by atoms with E-state index in [9.17, 15) is 18.0 Å². The van der Waals surface area contributed by atoms with E-state index in [0.29, 0.717) is 17.0 Å². The van der Waals surface area contributed by atoms with E-state index in [1.54, 1.807) is 0 Å². The van der Waals surface area contributed by atoms with Gasteiger partial charge in [0, 0.05) is 22.9 Å². The third kappa shape index (κ3) is 3.30. The third-order valence-electron chi connectivity index (χ3n) is 5.40. The number of fused-ring (bicyclic) bond motifs is 1. The molecule has 0 radical (unpaired) electrons. The first-order valence-electron chi connectivity index (χ1n) is 8.98. The fraction of sp³-hybridized carbons (Fsp3) is 0.368. The first kappa shape index (κ1) is 17.9. The Balaban J connectivity index is 1.71. The van der Waals surface area contributed by atoms with Crippen molar-refractivity contribution in [1.29, 1.82) is 0 Å². The molecule has 4 rings (SSSR count). The maximum absolute atomic E-state index is 12.7. The molecule has 0 unspecified atom stereocenters. The lowest BCUT2D eigenvalue weighted by molar-refractivity contribution is 0.0945. The topological polar surface area (TPSA) is 122 Å². The van der Waals surface area contributed by atoms with E-state index in [1.165, 1.54) is 18.1 Å². The summed E-state index contributed by atoms with van der Waals surface area (Å²) in [7, 11) is -3.30. The van der Waals surface area contributed by atoms with Crippen LogP contribution < -0.4 is 16.6 Å². The summed E-state index contributed by atoms with van der Waals surface area (Å²) in [6.45, 7) is 0.0325. The van der Waals surface area contributed by atoms with Crippen molar-refractivity contribution >= 4 is 26.6 Å². The number of hydrogen-bond donors (Lipinski definition) is 3. The number of nitrogens with two attached hydrogens (primary N) is 1. The molecular formula is C19H21N3O4S. The standard InChI is InChI=1S/C19H21N3O4S/c20-9-15-14-5-4-12(11-2-1-3-11)8-16(14)22-19(24)17(15)18(23)21-13-6-7-27(25,26)10-13/h4-8,11,13H,1-3,9-10,20H2,(H,21,23)(H,22,24)/t13-/m1/s1. The van der Waals surface area contributed by atoms with E-state index < -0.39 is 27.3 Å². The number of benzene rings is 1. The summed E-state index contributed by atoms with van der Waals surface area (Å²) >= 11 is 0. The zero-order valence-electron chi connectivity index (χ0n) is 14.7. The van der Waals surface area contributed by atoms with E-state index >= 15 is 0 Å². The number of nitrogens with one attached hydrogen (secondary N) is 2. The smallest absolute Gasteiger partial charge is 0.261 e. The monoisotopic (exact) mass is 387 g/mol. The molecule has 0 saturated heterocycles. The van der Waals surface area contributed by atoms with Crippen LogP contribution in [-0.2, 0) is 16.4 Å². The minimum absolute atomic E-state index is 0.0325. The largest absolute Gasteiger partial charge is 0.345 e. The number of H-pyrrole nitrogens is 1. The Morgan fingerprint density at radius 2 is 2.07 bits per heavy atom. The van der Waals surface area contributed by atoms with Gasteiger partial charge in [0.25, 0.3) is 11.5 Å². The van der Waals surface area contributed by atoms with Crippen molar-refractivity contribution in [3.05, 3.63) is 56.7 Å². The number of aromatic amines is 1. The van der Waals surface area contributed by atoms with Gasteiger partial charge in [0.15, 0.2) is 9.84 Å². The number of amides is 1. The third-order valence-corrected chi connectivity index (χ3v) is 6.80. The Morgan fingerprint density at radius 3 is 2.67 bits per heavy atom. The molecular weight excluding hydrogens is 366 g/mol. The van der Waals surface area contributed by atoms with E-state index in [4.69, 9.17) is 5.73 Å². The molecule has 142 valence electrons. The van der Waals surface area contributed by atoms with Crippen LogP contribution in [-0.4, -0.2) is 31.1 Å². The average Bonchev–Trinajstić information content (AvgIpc) is 2.90. The summed E-state index contributed by atoms with van der Waals surface area (Å²) in [6, 6.07) is 5.24. The Morgan fingerprint density at radius 1 is 1.30 bits per heavy atom. The molecule has 1 amide bonds. The molecule has 1 aliphatic heterocycles. The van der Waals surface area contributed by atoms with Gasteiger partial charge >= 0.3 is 0 Å². The number of carbonyl (C=O) groups excluding carboxylic acids is 1. The number of hydrogen-bond acceptors (Lipinski definition) is 5. The maximum atomic E-state index is 12.7. The van der Waals surface area contributed by atoms with Crippen molar-refractivity contribution in [1.82, 2.24) is 10.3 Å². The number of carbonyl (C=O) groups is 1. The van der Waals surface area contributed by atoms with Crippen LogP contribution in [0, 0.1) is 0 Å². The second-order valence-corrected chi connectivity index (χ2v) is 9.11. The normalized spacial score (nSPS) is 21.3. The highest BCUT2D eigenvalue weighted by Gasteiger charge is 2.26. The van der Waals surface area contributed by atoms with Crippen LogP contribution in [0.5, 0.6) is 0 Å². The Labute approximate surface area is 156 Å². The highest BCUT2D eigenvalue weighted by Crippen LogP contribution is 2.37. The first-order valence-corrected chi connectivity index (χ1v) is 10.7. The van der Waals surface area contributed by atoms with Crippen molar-refractivity contribution in [2.45, 2.75) is 37.8 Å². The first-order chi connectivity index (χ1) is 12.9. The Hall–Kier alpha value is -2.45. The van der Waals surface area contributed by atoms with Crippen molar-refractivity contribution < 1.29 is 13.2 Å². The van der Waals surface area contributed by atoms with Crippen molar-refractivity contribution in [2.24, 2.45) is 5.73 Å². The van der Waals surface area contributed by atoms with Crippen LogP contribution in [0.25, 0.3) is 10.9 Å². The summed E-state index contributed by atoms with van der Waals surface area (Å²) in [4.78, 5) is 28.1. The van der Waals surface area contributed by atoms with Crippen molar-refractivity contribution in [2.75, 3.05) is 5.75 Å². The molecule has 27 heavy (non-hydrogen) atoms. The fourth-order valence-electron chi connectivity index (χ4n) is 3.74. The van der Waals surface area contributed by atoms with Crippen LogP contribution in [0.15, 0.2) is 34.5 Å². The Bertz CT molecular complexity index is 1110.